The van der Waals surface area contributed by atoms with Gasteiger partial charge in [0.05, 0.1) is 11.6 Å². The van der Waals surface area contributed by atoms with Crippen LogP contribution in [0.4, 0.5) is 0 Å². The first kappa shape index (κ1) is 14.5. The number of rotatable bonds is 4. The summed E-state index contributed by atoms with van der Waals surface area (Å²) in [5.74, 6) is 0.552. The van der Waals surface area contributed by atoms with Crippen molar-refractivity contribution in [2.45, 2.75) is 38.8 Å². The second-order valence-corrected chi connectivity index (χ2v) is 5.94. The molecule has 2 aromatic rings. The molecule has 1 aromatic carbocycles. The first-order chi connectivity index (χ1) is 10.2. The Bertz CT molecular complexity index is 626. The summed E-state index contributed by atoms with van der Waals surface area (Å²) < 4.78 is 5.87. The first-order valence-corrected chi connectivity index (χ1v) is 7.89. The Morgan fingerprint density at radius 3 is 2.95 bits per heavy atom. The van der Waals surface area contributed by atoms with Gasteiger partial charge in [0.2, 0.25) is 0 Å². The lowest BCUT2D eigenvalue weighted by Crippen LogP contribution is -2.30. The topological polar surface area (TPSA) is 34.1 Å². The van der Waals surface area contributed by atoms with E-state index in [4.69, 9.17) is 4.74 Å². The van der Waals surface area contributed by atoms with Gasteiger partial charge in [0, 0.05) is 29.6 Å². The van der Waals surface area contributed by atoms with E-state index in [9.17, 15) is 0 Å². The van der Waals surface area contributed by atoms with E-state index in [0.29, 0.717) is 18.1 Å². The SMILES string of the molecule is CCC1OCCC1C(NC)c1ccc2nc(C)ccc2c1. The average Bonchev–Trinajstić information content (AvgIpc) is 2.96. The van der Waals surface area contributed by atoms with E-state index in [1.165, 1.54) is 10.9 Å². The van der Waals surface area contributed by atoms with Gasteiger partial charge in [0.25, 0.3) is 0 Å². The van der Waals surface area contributed by atoms with E-state index in [1.54, 1.807) is 0 Å². The quantitative estimate of drug-likeness (QED) is 0.931. The molecule has 0 spiro atoms. The van der Waals surface area contributed by atoms with Gasteiger partial charge >= 0.3 is 0 Å². The Labute approximate surface area is 126 Å². The summed E-state index contributed by atoms with van der Waals surface area (Å²) in [6, 6.07) is 11.2. The minimum Gasteiger partial charge on any atom is -0.378 e. The number of nitrogens with zero attached hydrogens (tertiary/aromatic N) is 1. The molecule has 0 aliphatic carbocycles. The summed E-state index contributed by atoms with van der Waals surface area (Å²) in [7, 11) is 2.05. The number of fused-ring (bicyclic) bond motifs is 1. The van der Waals surface area contributed by atoms with Crippen molar-refractivity contribution >= 4 is 10.9 Å². The summed E-state index contributed by atoms with van der Waals surface area (Å²) in [4.78, 5) is 4.59. The lowest BCUT2D eigenvalue weighted by atomic mass is 9.86. The molecule has 3 nitrogen and oxygen atoms in total. The third-order valence-electron chi connectivity index (χ3n) is 4.61. The second-order valence-electron chi connectivity index (χ2n) is 5.94. The number of hydrogen-bond donors (Lipinski definition) is 1. The molecule has 1 aliphatic heterocycles. The minimum absolute atomic E-state index is 0.350. The van der Waals surface area contributed by atoms with Crippen LogP contribution in [0.1, 0.15) is 37.1 Å². The predicted molar refractivity (Wildman–Crippen MR) is 86.4 cm³/mol. The molecule has 1 N–H and O–H groups in total. The van der Waals surface area contributed by atoms with Gasteiger partial charge in [0.1, 0.15) is 0 Å². The van der Waals surface area contributed by atoms with Crippen molar-refractivity contribution in [1.29, 1.82) is 0 Å². The summed E-state index contributed by atoms with van der Waals surface area (Å²) in [6.07, 6.45) is 2.58. The molecule has 1 saturated heterocycles. The standard InChI is InChI=1S/C18H24N2O/c1-4-17-15(9-10-21-17)18(19-3)14-7-8-16-13(11-14)6-5-12(2)20-16/h5-8,11,15,17-19H,4,9-10H2,1-3H3. The molecule has 1 aliphatic rings. The van der Waals surface area contributed by atoms with Crippen LogP contribution < -0.4 is 5.32 Å². The van der Waals surface area contributed by atoms with E-state index in [-0.39, 0.29) is 0 Å². The Hall–Kier alpha value is -1.45. The highest BCUT2D eigenvalue weighted by Gasteiger charge is 2.33. The van der Waals surface area contributed by atoms with Crippen LogP contribution in [0.5, 0.6) is 0 Å². The van der Waals surface area contributed by atoms with Crippen molar-refractivity contribution in [1.82, 2.24) is 10.3 Å². The van der Waals surface area contributed by atoms with Crippen LogP contribution >= 0.6 is 0 Å². The van der Waals surface area contributed by atoms with Crippen LogP contribution in [0.3, 0.4) is 0 Å². The second kappa shape index (κ2) is 6.12. The normalized spacial score (nSPS) is 23.6. The molecule has 3 heteroatoms. The van der Waals surface area contributed by atoms with Crippen molar-refractivity contribution in [3.63, 3.8) is 0 Å². The highest BCUT2D eigenvalue weighted by molar-refractivity contribution is 5.79. The third-order valence-corrected chi connectivity index (χ3v) is 4.61. The van der Waals surface area contributed by atoms with Crippen LogP contribution in [0.25, 0.3) is 10.9 Å². The fraction of sp³-hybridized carbons (Fsp3) is 0.500. The van der Waals surface area contributed by atoms with Gasteiger partial charge < -0.3 is 10.1 Å². The number of hydrogen-bond acceptors (Lipinski definition) is 3. The Balaban J connectivity index is 1.95. The molecule has 1 aromatic heterocycles. The molecule has 0 saturated carbocycles. The summed E-state index contributed by atoms with van der Waals surface area (Å²) in [6.45, 7) is 5.13. The Morgan fingerprint density at radius 2 is 2.19 bits per heavy atom. The number of aromatic nitrogens is 1. The summed E-state index contributed by atoms with van der Waals surface area (Å²) in [5, 5.41) is 4.71. The van der Waals surface area contributed by atoms with Gasteiger partial charge in [-0.1, -0.05) is 19.1 Å². The van der Waals surface area contributed by atoms with Crippen molar-refractivity contribution < 1.29 is 4.74 Å². The fourth-order valence-corrected chi connectivity index (χ4v) is 3.53. The van der Waals surface area contributed by atoms with E-state index in [0.717, 1.165) is 30.7 Å². The van der Waals surface area contributed by atoms with Crippen LogP contribution in [0, 0.1) is 12.8 Å². The number of nitrogens with one attached hydrogen (secondary N) is 1. The first-order valence-electron chi connectivity index (χ1n) is 7.89. The van der Waals surface area contributed by atoms with Crippen LogP contribution in [0.15, 0.2) is 30.3 Å². The van der Waals surface area contributed by atoms with Crippen LogP contribution in [-0.2, 0) is 4.74 Å². The van der Waals surface area contributed by atoms with E-state index < -0.39 is 0 Å². The monoisotopic (exact) mass is 284 g/mol. The van der Waals surface area contributed by atoms with Gasteiger partial charge in [-0.05, 0) is 50.6 Å². The van der Waals surface area contributed by atoms with E-state index in [2.05, 4.69) is 47.6 Å². The largest absolute Gasteiger partial charge is 0.378 e. The maximum absolute atomic E-state index is 5.87. The molecular formula is C18H24N2O. The van der Waals surface area contributed by atoms with Gasteiger partial charge in [0.15, 0.2) is 0 Å². The molecule has 0 radical (unpaired) electrons. The van der Waals surface area contributed by atoms with Crippen LogP contribution in [0.2, 0.25) is 0 Å². The maximum Gasteiger partial charge on any atom is 0.0705 e. The van der Waals surface area contributed by atoms with Crippen molar-refractivity contribution in [2.75, 3.05) is 13.7 Å². The highest BCUT2D eigenvalue weighted by atomic mass is 16.5. The number of ether oxygens (including phenoxy) is 1. The van der Waals surface area contributed by atoms with Crippen molar-refractivity contribution in [2.24, 2.45) is 5.92 Å². The predicted octanol–water partition coefficient (Wildman–Crippen LogP) is 3.62. The van der Waals surface area contributed by atoms with Gasteiger partial charge in [-0.3, -0.25) is 4.98 Å². The fourth-order valence-electron chi connectivity index (χ4n) is 3.53. The zero-order valence-electron chi connectivity index (χ0n) is 13.1. The summed E-state index contributed by atoms with van der Waals surface area (Å²) >= 11 is 0. The molecule has 3 rings (SSSR count). The average molecular weight is 284 g/mol. The number of benzene rings is 1. The molecule has 2 heterocycles. The molecule has 3 unspecified atom stereocenters. The highest BCUT2D eigenvalue weighted by Crippen LogP contribution is 2.35. The molecule has 0 bridgehead atoms. The molecule has 0 amide bonds. The third kappa shape index (κ3) is 2.81. The Kier molecular flexibility index (Phi) is 4.22. The molecule has 1 fully saturated rings. The van der Waals surface area contributed by atoms with Gasteiger partial charge in [-0.25, -0.2) is 0 Å². The zero-order valence-corrected chi connectivity index (χ0v) is 13.1. The maximum atomic E-state index is 5.87. The van der Waals surface area contributed by atoms with Crippen molar-refractivity contribution in [3.8, 4) is 0 Å². The van der Waals surface area contributed by atoms with E-state index >= 15 is 0 Å². The number of aryl methyl sites for hydroxylation is 1. The molecule has 3 atom stereocenters. The minimum atomic E-state index is 0.350. The molecule has 112 valence electrons. The Morgan fingerprint density at radius 1 is 1.33 bits per heavy atom. The van der Waals surface area contributed by atoms with Crippen LogP contribution in [-0.4, -0.2) is 24.7 Å². The summed E-state index contributed by atoms with van der Waals surface area (Å²) in [5.41, 5.74) is 3.48. The van der Waals surface area contributed by atoms with Gasteiger partial charge in [-0.2, -0.15) is 0 Å². The number of pyridine rings is 1. The molecular weight excluding hydrogens is 260 g/mol. The lowest BCUT2D eigenvalue weighted by molar-refractivity contribution is 0.0782. The smallest absolute Gasteiger partial charge is 0.0705 e. The zero-order chi connectivity index (χ0) is 14.8. The van der Waals surface area contributed by atoms with Gasteiger partial charge in [-0.15, -0.1) is 0 Å². The lowest BCUT2D eigenvalue weighted by Gasteiger charge is -2.27. The van der Waals surface area contributed by atoms with E-state index in [1.807, 2.05) is 14.0 Å². The van der Waals surface area contributed by atoms with Crippen molar-refractivity contribution in [3.05, 3.63) is 41.6 Å². The molecule has 21 heavy (non-hydrogen) atoms.